The molecular weight excluding hydrogens is 360 g/mol. The van der Waals surface area contributed by atoms with Crippen molar-refractivity contribution >= 4 is 0 Å². The summed E-state index contributed by atoms with van der Waals surface area (Å²) in [4.78, 5) is 18.3. The smallest absolute Gasteiger partial charge is 0.167 e. The number of phenols is 1. The van der Waals surface area contributed by atoms with Gasteiger partial charge in [-0.1, -0.05) is 29.8 Å². The molecule has 0 fully saturated rings. The summed E-state index contributed by atoms with van der Waals surface area (Å²) in [5, 5.41) is 10.5. The highest BCUT2D eigenvalue weighted by atomic mass is 16.3. The largest absolute Gasteiger partial charge is 0.507 e. The number of benzene rings is 2. The Kier molecular flexibility index (Phi) is 4.80. The Labute approximate surface area is 170 Å². The zero-order valence-electron chi connectivity index (χ0n) is 16.9. The lowest BCUT2D eigenvalue weighted by molar-refractivity contribution is 0.476. The Balaban J connectivity index is 1.98. The van der Waals surface area contributed by atoms with E-state index in [0.29, 0.717) is 23.0 Å². The zero-order chi connectivity index (χ0) is 20.5. The first-order valence-corrected chi connectivity index (χ1v) is 9.47. The van der Waals surface area contributed by atoms with Gasteiger partial charge in [-0.3, -0.25) is 4.98 Å². The van der Waals surface area contributed by atoms with Gasteiger partial charge in [-0.05, 0) is 62.6 Å². The average Bonchev–Trinajstić information content (AvgIpc) is 2.68. The van der Waals surface area contributed by atoms with Gasteiger partial charge in [0.25, 0.3) is 0 Å². The van der Waals surface area contributed by atoms with Crippen molar-refractivity contribution in [3.05, 3.63) is 77.1 Å². The summed E-state index contributed by atoms with van der Waals surface area (Å²) >= 11 is 0. The molecule has 0 atom stereocenters. The van der Waals surface area contributed by atoms with Crippen LogP contribution in [0, 0.1) is 27.7 Å². The molecule has 5 nitrogen and oxygen atoms in total. The molecule has 0 saturated carbocycles. The van der Waals surface area contributed by atoms with Crippen LogP contribution in [0.1, 0.15) is 22.3 Å². The van der Waals surface area contributed by atoms with E-state index in [2.05, 4.69) is 23.0 Å². The molecule has 0 saturated heterocycles. The third kappa shape index (κ3) is 3.72. The highest BCUT2D eigenvalue weighted by Crippen LogP contribution is 2.31. The Morgan fingerprint density at radius 1 is 0.621 bits per heavy atom. The van der Waals surface area contributed by atoms with Gasteiger partial charge in [0.05, 0.1) is 5.56 Å². The van der Waals surface area contributed by atoms with Crippen molar-refractivity contribution in [2.75, 3.05) is 0 Å². The number of pyridine rings is 1. The minimum Gasteiger partial charge on any atom is -0.507 e. The standard InChI is InChI=1S/C24H22N4O/c1-14-5-7-18(16(3)11-14)22-26-23(19-9-10-25-13-17(19)4)28-24(27-22)20-8-6-15(2)12-21(20)29/h5-13,29H,1-4H3. The Hall–Kier alpha value is -3.60. The van der Waals surface area contributed by atoms with Crippen LogP contribution in [0.3, 0.4) is 0 Å². The summed E-state index contributed by atoms with van der Waals surface area (Å²) in [6, 6.07) is 13.6. The third-order valence-electron chi connectivity index (χ3n) is 4.91. The van der Waals surface area contributed by atoms with Gasteiger partial charge in [-0.15, -0.1) is 0 Å². The van der Waals surface area contributed by atoms with Gasteiger partial charge in [-0.2, -0.15) is 0 Å². The SMILES string of the molecule is Cc1ccc(-c2nc(-c3ccncc3C)nc(-c3ccc(C)cc3O)n2)c(C)c1. The predicted molar refractivity (Wildman–Crippen MR) is 115 cm³/mol. The van der Waals surface area contributed by atoms with E-state index in [1.165, 1.54) is 5.56 Å². The van der Waals surface area contributed by atoms with Gasteiger partial charge in [0, 0.05) is 23.5 Å². The average molecular weight is 382 g/mol. The lowest BCUT2D eigenvalue weighted by Crippen LogP contribution is -2.02. The van der Waals surface area contributed by atoms with Crippen molar-refractivity contribution in [3.63, 3.8) is 0 Å². The number of hydrogen-bond acceptors (Lipinski definition) is 5. The fourth-order valence-electron chi connectivity index (χ4n) is 3.36. The second kappa shape index (κ2) is 7.43. The first kappa shape index (κ1) is 18.7. The monoisotopic (exact) mass is 382 g/mol. The van der Waals surface area contributed by atoms with E-state index >= 15 is 0 Å². The van der Waals surface area contributed by atoms with Crippen molar-refractivity contribution in [2.24, 2.45) is 0 Å². The fourth-order valence-corrected chi connectivity index (χ4v) is 3.36. The number of hydrogen-bond donors (Lipinski definition) is 1. The fraction of sp³-hybridized carbons (Fsp3) is 0.167. The lowest BCUT2D eigenvalue weighted by Gasteiger charge is -2.12. The van der Waals surface area contributed by atoms with E-state index in [0.717, 1.165) is 27.8 Å². The summed E-state index contributed by atoms with van der Waals surface area (Å²) in [6.07, 6.45) is 3.52. The molecule has 29 heavy (non-hydrogen) atoms. The third-order valence-corrected chi connectivity index (χ3v) is 4.91. The molecule has 144 valence electrons. The second-order valence-electron chi connectivity index (χ2n) is 7.34. The van der Waals surface area contributed by atoms with Gasteiger partial charge >= 0.3 is 0 Å². The molecule has 2 heterocycles. The van der Waals surface area contributed by atoms with Gasteiger partial charge in [0.1, 0.15) is 5.75 Å². The van der Waals surface area contributed by atoms with Gasteiger partial charge in [0.15, 0.2) is 17.5 Å². The Morgan fingerprint density at radius 2 is 1.17 bits per heavy atom. The maximum Gasteiger partial charge on any atom is 0.167 e. The van der Waals surface area contributed by atoms with Crippen LogP contribution in [0.25, 0.3) is 34.2 Å². The quantitative estimate of drug-likeness (QED) is 0.527. The highest BCUT2D eigenvalue weighted by Gasteiger charge is 2.16. The topological polar surface area (TPSA) is 71.8 Å². The number of aromatic hydroxyl groups is 1. The minimum atomic E-state index is 0.153. The van der Waals surface area contributed by atoms with Crippen LogP contribution in [0.2, 0.25) is 0 Å². The molecule has 2 aromatic heterocycles. The predicted octanol–water partition coefficient (Wildman–Crippen LogP) is 5.21. The summed E-state index contributed by atoms with van der Waals surface area (Å²) in [5.41, 5.74) is 6.64. The van der Waals surface area contributed by atoms with Crippen LogP contribution in [0.4, 0.5) is 0 Å². The van der Waals surface area contributed by atoms with Crippen molar-refractivity contribution in [1.29, 1.82) is 0 Å². The van der Waals surface area contributed by atoms with Crippen molar-refractivity contribution in [3.8, 4) is 39.9 Å². The van der Waals surface area contributed by atoms with E-state index in [4.69, 9.17) is 9.97 Å². The highest BCUT2D eigenvalue weighted by molar-refractivity contribution is 5.71. The summed E-state index contributed by atoms with van der Waals surface area (Å²) < 4.78 is 0. The molecule has 1 N–H and O–H groups in total. The number of nitrogens with zero attached hydrogens (tertiary/aromatic N) is 4. The Bertz CT molecular complexity index is 1150. The van der Waals surface area contributed by atoms with E-state index in [1.807, 2.05) is 51.1 Å². The van der Waals surface area contributed by atoms with Crippen molar-refractivity contribution < 1.29 is 5.11 Å². The molecule has 0 radical (unpaired) electrons. The number of rotatable bonds is 3. The molecule has 0 aliphatic rings. The van der Waals surface area contributed by atoms with Gasteiger partial charge in [-0.25, -0.2) is 15.0 Å². The molecule has 0 amide bonds. The molecule has 0 aliphatic heterocycles. The number of phenolic OH excluding ortho intramolecular Hbond substituents is 1. The molecular formula is C24H22N4O. The molecule has 2 aromatic carbocycles. The van der Waals surface area contributed by atoms with Crippen LogP contribution in [0.5, 0.6) is 5.75 Å². The van der Waals surface area contributed by atoms with Crippen molar-refractivity contribution in [2.45, 2.75) is 27.7 Å². The van der Waals surface area contributed by atoms with Gasteiger partial charge < -0.3 is 5.11 Å². The molecule has 4 rings (SSSR count). The maximum absolute atomic E-state index is 10.5. The van der Waals surface area contributed by atoms with E-state index in [-0.39, 0.29) is 5.75 Å². The lowest BCUT2D eigenvalue weighted by atomic mass is 10.0. The first-order valence-electron chi connectivity index (χ1n) is 9.47. The molecule has 0 spiro atoms. The van der Waals surface area contributed by atoms with Gasteiger partial charge in [0.2, 0.25) is 0 Å². The molecule has 0 unspecified atom stereocenters. The number of aryl methyl sites for hydroxylation is 4. The first-order chi connectivity index (χ1) is 13.9. The van der Waals surface area contributed by atoms with Crippen LogP contribution < -0.4 is 0 Å². The molecule has 5 heteroatoms. The van der Waals surface area contributed by atoms with E-state index in [1.54, 1.807) is 18.5 Å². The molecule has 0 bridgehead atoms. The van der Waals surface area contributed by atoms with Crippen LogP contribution in [0.15, 0.2) is 54.9 Å². The van der Waals surface area contributed by atoms with Crippen LogP contribution in [-0.4, -0.2) is 25.0 Å². The molecule has 0 aliphatic carbocycles. The Morgan fingerprint density at radius 3 is 1.76 bits per heavy atom. The zero-order valence-corrected chi connectivity index (χ0v) is 16.9. The summed E-state index contributed by atoms with van der Waals surface area (Å²) in [6.45, 7) is 8.02. The van der Waals surface area contributed by atoms with Crippen molar-refractivity contribution in [1.82, 2.24) is 19.9 Å². The minimum absolute atomic E-state index is 0.153. The molecule has 4 aromatic rings. The van der Waals surface area contributed by atoms with Crippen LogP contribution in [-0.2, 0) is 0 Å². The summed E-state index contributed by atoms with van der Waals surface area (Å²) in [5.74, 6) is 1.74. The normalized spacial score (nSPS) is 10.9. The maximum atomic E-state index is 10.5. The van der Waals surface area contributed by atoms with E-state index < -0.39 is 0 Å². The summed E-state index contributed by atoms with van der Waals surface area (Å²) in [7, 11) is 0. The second-order valence-corrected chi connectivity index (χ2v) is 7.34. The van der Waals surface area contributed by atoms with Crippen LogP contribution >= 0.6 is 0 Å². The number of aromatic nitrogens is 4. The van der Waals surface area contributed by atoms with E-state index in [9.17, 15) is 5.11 Å².